The summed E-state index contributed by atoms with van der Waals surface area (Å²) in [4.78, 5) is 0. The molecule has 3 atom stereocenters. The molecule has 0 bridgehead atoms. The fraction of sp³-hybridized carbons (Fsp3) is 0.600. The number of rotatable bonds is 3. The maximum Gasteiger partial charge on any atom is 0.162 e. The van der Waals surface area contributed by atoms with Crippen molar-refractivity contribution in [3.05, 3.63) is 35.4 Å². The lowest BCUT2D eigenvalue weighted by molar-refractivity contribution is 0.0712. The van der Waals surface area contributed by atoms with Crippen molar-refractivity contribution in [1.29, 1.82) is 0 Å². The van der Waals surface area contributed by atoms with Crippen molar-refractivity contribution in [3.63, 3.8) is 0 Å². The Balaban J connectivity index is 2.02. The smallest absolute Gasteiger partial charge is 0.162 e. The highest BCUT2D eigenvalue weighted by molar-refractivity contribution is 5.19. The zero-order chi connectivity index (χ0) is 13.1. The molecule has 1 saturated carbocycles. The van der Waals surface area contributed by atoms with Gasteiger partial charge in [-0.15, -0.1) is 0 Å². The van der Waals surface area contributed by atoms with E-state index in [-0.39, 0.29) is 17.9 Å². The second-order valence-electron chi connectivity index (χ2n) is 5.52. The molecule has 2 rings (SSSR count). The molecule has 100 valence electrons. The van der Waals surface area contributed by atoms with Crippen molar-refractivity contribution in [2.24, 2.45) is 11.8 Å². The van der Waals surface area contributed by atoms with Crippen molar-refractivity contribution in [3.8, 4) is 0 Å². The summed E-state index contributed by atoms with van der Waals surface area (Å²) in [6.45, 7) is 2.18. The molecule has 0 spiro atoms. The van der Waals surface area contributed by atoms with Gasteiger partial charge in [-0.05, 0) is 36.3 Å². The Morgan fingerprint density at radius 2 is 2.11 bits per heavy atom. The first-order valence-electron chi connectivity index (χ1n) is 6.69. The van der Waals surface area contributed by atoms with Crippen LogP contribution in [0.25, 0.3) is 0 Å². The zero-order valence-electron chi connectivity index (χ0n) is 10.7. The van der Waals surface area contributed by atoms with E-state index in [9.17, 15) is 13.9 Å². The fourth-order valence-corrected chi connectivity index (χ4v) is 2.93. The lowest BCUT2D eigenvalue weighted by atomic mass is 9.78. The van der Waals surface area contributed by atoms with Crippen LogP contribution in [0.5, 0.6) is 0 Å². The van der Waals surface area contributed by atoms with Gasteiger partial charge in [0.2, 0.25) is 0 Å². The van der Waals surface area contributed by atoms with Gasteiger partial charge in [-0.1, -0.05) is 31.9 Å². The minimum absolute atomic E-state index is 0.209. The van der Waals surface area contributed by atoms with Crippen LogP contribution in [-0.2, 0) is 6.42 Å². The van der Waals surface area contributed by atoms with Gasteiger partial charge in [-0.25, -0.2) is 8.78 Å². The Morgan fingerprint density at radius 3 is 2.83 bits per heavy atom. The molecule has 18 heavy (non-hydrogen) atoms. The second kappa shape index (κ2) is 5.79. The molecule has 1 aliphatic rings. The number of hydrogen-bond acceptors (Lipinski definition) is 1. The minimum Gasteiger partial charge on any atom is -0.392 e. The van der Waals surface area contributed by atoms with E-state index in [0.29, 0.717) is 5.92 Å². The summed E-state index contributed by atoms with van der Waals surface area (Å²) in [5.74, 6) is -0.815. The topological polar surface area (TPSA) is 20.2 Å². The van der Waals surface area contributed by atoms with Crippen molar-refractivity contribution < 1.29 is 13.9 Å². The van der Waals surface area contributed by atoms with E-state index in [1.807, 2.05) is 0 Å². The summed E-state index contributed by atoms with van der Waals surface area (Å²) in [7, 11) is 0. The molecule has 1 nitrogen and oxygen atoms in total. The predicted molar refractivity (Wildman–Crippen MR) is 67.2 cm³/mol. The summed E-state index contributed by atoms with van der Waals surface area (Å²) in [5.41, 5.74) is 0.278. The quantitative estimate of drug-likeness (QED) is 0.872. The van der Waals surface area contributed by atoms with E-state index in [1.54, 1.807) is 6.07 Å². The van der Waals surface area contributed by atoms with Gasteiger partial charge in [0.05, 0.1) is 6.10 Å². The lowest BCUT2D eigenvalue weighted by Crippen LogP contribution is -2.28. The number of halogens is 2. The van der Waals surface area contributed by atoms with E-state index < -0.39 is 17.7 Å². The molecule has 1 fully saturated rings. The number of benzene rings is 1. The largest absolute Gasteiger partial charge is 0.392 e. The van der Waals surface area contributed by atoms with Gasteiger partial charge in [0, 0.05) is 6.42 Å². The summed E-state index contributed by atoms with van der Waals surface area (Å²) in [5, 5.41) is 10.2. The molecular formula is C15H20F2O. The first-order chi connectivity index (χ1) is 8.58. The molecule has 3 unspecified atom stereocenters. The molecule has 0 radical (unpaired) electrons. The molecule has 0 aromatic heterocycles. The predicted octanol–water partition coefficient (Wildman–Crippen LogP) is 3.69. The van der Waals surface area contributed by atoms with E-state index in [4.69, 9.17) is 0 Å². The summed E-state index contributed by atoms with van der Waals surface area (Å²) >= 11 is 0. The van der Waals surface area contributed by atoms with Gasteiger partial charge in [-0.2, -0.15) is 0 Å². The van der Waals surface area contributed by atoms with E-state index >= 15 is 0 Å². The molecule has 1 aromatic rings. The SMILES string of the molecule is CC1CCCC(C(O)Cc2cccc(F)c2F)C1. The molecule has 1 aromatic carbocycles. The van der Waals surface area contributed by atoms with Crippen molar-refractivity contribution in [2.75, 3.05) is 0 Å². The maximum atomic E-state index is 13.5. The van der Waals surface area contributed by atoms with Crippen LogP contribution in [0.2, 0.25) is 0 Å². The third-order valence-corrected chi connectivity index (χ3v) is 3.98. The molecule has 0 heterocycles. The third kappa shape index (κ3) is 3.08. The Morgan fingerprint density at radius 1 is 1.33 bits per heavy atom. The van der Waals surface area contributed by atoms with Gasteiger partial charge >= 0.3 is 0 Å². The van der Waals surface area contributed by atoms with Crippen LogP contribution >= 0.6 is 0 Å². The van der Waals surface area contributed by atoms with Crippen LogP contribution in [-0.4, -0.2) is 11.2 Å². The third-order valence-electron chi connectivity index (χ3n) is 3.98. The molecule has 0 saturated heterocycles. The van der Waals surface area contributed by atoms with Gasteiger partial charge < -0.3 is 5.11 Å². The highest BCUT2D eigenvalue weighted by Crippen LogP contribution is 2.32. The Bertz CT molecular complexity index is 405. The Labute approximate surface area is 107 Å². The number of aliphatic hydroxyl groups is 1. The van der Waals surface area contributed by atoms with Gasteiger partial charge in [0.15, 0.2) is 11.6 Å². The van der Waals surface area contributed by atoms with E-state index in [2.05, 4.69) is 6.92 Å². The highest BCUT2D eigenvalue weighted by atomic mass is 19.2. The van der Waals surface area contributed by atoms with Gasteiger partial charge in [0.1, 0.15) is 0 Å². The van der Waals surface area contributed by atoms with Gasteiger partial charge in [-0.3, -0.25) is 0 Å². The zero-order valence-corrected chi connectivity index (χ0v) is 10.7. The van der Waals surface area contributed by atoms with Crippen molar-refractivity contribution in [2.45, 2.75) is 45.1 Å². The number of aliphatic hydroxyl groups excluding tert-OH is 1. The highest BCUT2D eigenvalue weighted by Gasteiger charge is 2.26. The molecule has 0 aliphatic heterocycles. The van der Waals surface area contributed by atoms with Crippen LogP contribution in [0.3, 0.4) is 0 Å². The molecule has 3 heteroatoms. The molecular weight excluding hydrogens is 234 g/mol. The lowest BCUT2D eigenvalue weighted by Gasteiger charge is -2.30. The van der Waals surface area contributed by atoms with Crippen LogP contribution < -0.4 is 0 Å². The Hall–Kier alpha value is -0.960. The normalized spacial score (nSPS) is 26.0. The maximum absolute atomic E-state index is 13.5. The van der Waals surface area contributed by atoms with E-state index in [1.165, 1.54) is 12.5 Å². The van der Waals surface area contributed by atoms with E-state index in [0.717, 1.165) is 25.3 Å². The Kier molecular flexibility index (Phi) is 4.33. The average Bonchev–Trinajstić information content (AvgIpc) is 2.35. The van der Waals surface area contributed by atoms with Crippen LogP contribution in [0, 0.1) is 23.5 Å². The average molecular weight is 254 g/mol. The van der Waals surface area contributed by atoms with Gasteiger partial charge in [0.25, 0.3) is 0 Å². The van der Waals surface area contributed by atoms with Crippen LogP contribution in [0.4, 0.5) is 8.78 Å². The minimum atomic E-state index is -0.836. The first-order valence-corrected chi connectivity index (χ1v) is 6.69. The second-order valence-corrected chi connectivity index (χ2v) is 5.52. The van der Waals surface area contributed by atoms with Crippen LogP contribution in [0.15, 0.2) is 18.2 Å². The molecule has 1 aliphatic carbocycles. The fourth-order valence-electron chi connectivity index (χ4n) is 2.93. The van der Waals surface area contributed by atoms with Crippen molar-refractivity contribution in [1.82, 2.24) is 0 Å². The standard InChI is InChI=1S/C15H20F2O/c1-10-4-2-5-11(8-10)14(18)9-12-6-3-7-13(16)15(12)17/h3,6-7,10-11,14,18H,2,4-5,8-9H2,1H3. The summed E-state index contributed by atoms with van der Waals surface area (Å²) < 4.78 is 26.6. The monoisotopic (exact) mass is 254 g/mol. The van der Waals surface area contributed by atoms with Crippen molar-refractivity contribution >= 4 is 0 Å². The number of hydrogen-bond donors (Lipinski definition) is 1. The molecule has 0 amide bonds. The summed E-state index contributed by atoms with van der Waals surface area (Å²) in [6, 6.07) is 4.14. The summed E-state index contributed by atoms with van der Waals surface area (Å²) in [6.07, 6.45) is 3.94. The molecule has 1 N–H and O–H groups in total. The van der Waals surface area contributed by atoms with Crippen LogP contribution in [0.1, 0.15) is 38.2 Å². The first kappa shape index (κ1) is 13.5.